The predicted octanol–water partition coefficient (Wildman–Crippen LogP) is 2.63. The molecule has 4 atom stereocenters. The summed E-state index contributed by atoms with van der Waals surface area (Å²) in [6.45, 7) is 2.77. The average Bonchev–Trinajstić information content (AvgIpc) is 3.68. The Morgan fingerprint density at radius 2 is 1.91 bits per heavy atom. The van der Waals surface area contributed by atoms with Crippen LogP contribution in [-0.2, 0) is 19.5 Å². The number of nitrogens with zero attached hydrogens (tertiary/aromatic N) is 2. The molecule has 0 spiro atoms. The van der Waals surface area contributed by atoms with Gasteiger partial charge in [0.15, 0.2) is 0 Å². The number of benzene rings is 1. The standard InChI is InChI=1S/C22H29ClN2O6S/c1-14-20(15-2-3-15)25(32(28,29)18-6-4-16(23)5-7-18)19(13-30-14)22(9-10-22)31-21(27)24-11-8-17(26)12-24/h4-7,14-15,17,19-20,26H,2-3,8-13H2,1H3/t14-,17+,19-,20+/m1/s1. The molecule has 0 bridgehead atoms. The number of β-amino-alcohol motifs (C(OH)–C–C–N with tert-alkyl or cyclic N) is 1. The second-order valence-corrected chi connectivity index (χ2v) is 11.8. The van der Waals surface area contributed by atoms with Crippen LogP contribution in [0.15, 0.2) is 29.2 Å². The van der Waals surface area contributed by atoms with E-state index >= 15 is 0 Å². The minimum absolute atomic E-state index is 0.174. The minimum Gasteiger partial charge on any atom is -0.441 e. The van der Waals surface area contributed by atoms with Crippen LogP contribution in [0.1, 0.15) is 39.0 Å². The van der Waals surface area contributed by atoms with Gasteiger partial charge in [-0.3, -0.25) is 0 Å². The van der Waals surface area contributed by atoms with Crippen LogP contribution in [0, 0.1) is 5.92 Å². The molecule has 0 unspecified atom stereocenters. The summed E-state index contributed by atoms with van der Waals surface area (Å²) in [5, 5.41) is 10.2. The second-order valence-electron chi connectivity index (χ2n) is 9.49. The van der Waals surface area contributed by atoms with Crippen molar-refractivity contribution < 1.29 is 27.8 Å². The molecule has 0 aromatic heterocycles. The van der Waals surface area contributed by atoms with Crippen molar-refractivity contribution in [1.82, 2.24) is 9.21 Å². The Bertz CT molecular complexity index is 979. The van der Waals surface area contributed by atoms with Crippen LogP contribution < -0.4 is 0 Å². The molecule has 0 radical (unpaired) electrons. The Labute approximate surface area is 193 Å². The Morgan fingerprint density at radius 1 is 1.22 bits per heavy atom. The number of hydrogen-bond donors (Lipinski definition) is 1. The number of ether oxygens (including phenoxy) is 2. The number of hydrogen-bond acceptors (Lipinski definition) is 6. The molecule has 8 nitrogen and oxygen atoms in total. The summed E-state index contributed by atoms with van der Waals surface area (Å²) in [4.78, 5) is 14.5. The lowest BCUT2D eigenvalue weighted by Crippen LogP contribution is -2.64. The third-order valence-electron chi connectivity index (χ3n) is 7.16. The maximum atomic E-state index is 13.9. The fourth-order valence-electron chi connectivity index (χ4n) is 5.07. The largest absolute Gasteiger partial charge is 0.441 e. The van der Waals surface area contributed by atoms with Crippen molar-refractivity contribution in [3.05, 3.63) is 29.3 Å². The van der Waals surface area contributed by atoms with E-state index < -0.39 is 33.9 Å². The molecule has 4 fully saturated rings. The lowest BCUT2D eigenvalue weighted by molar-refractivity contribution is -0.109. The summed E-state index contributed by atoms with van der Waals surface area (Å²) in [5.41, 5.74) is -0.905. The van der Waals surface area contributed by atoms with E-state index in [1.807, 2.05) is 6.92 Å². The van der Waals surface area contributed by atoms with Crippen LogP contribution in [0.5, 0.6) is 0 Å². The summed E-state index contributed by atoms with van der Waals surface area (Å²) in [6.07, 6.45) is 2.31. The maximum absolute atomic E-state index is 13.9. The van der Waals surface area contributed by atoms with Crippen LogP contribution >= 0.6 is 11.6 Å². The number of sulfonamides is 1. The van der Waals surface area contributed by atoms with E-state index in [0.29, 0.717) is 30.8 Å². The first-order chi connectivity index (χ1) is 15.2. The lowest BCUT2D eigenvalue weighted by atomic mass is 9.99. The number of amides is 1. The number of morpholine rings is 1. The first kappa shape index (κ1) is 22.4. The van der Waals surface area contributed by atoms with Crippen LogP contribution in [0.4, 0.5) is 4.79 Å². The van der Waals surface area contributed by atoms with Crippen molar-refractivity contribution in [2.24, 2.45) is 5.92 Å². The van der Waals surface area contributed by atoms with E-state index in [2.05, 4.69) is 0 Å². The van der Waals surface area contributed by atoms with Crippen molar-refractivity contribution in [3.63, 3.8) is 0 Å². The van der Waals surface area contributed by atoms with Gasteiger partial charge in [0.1, 0.15) is 5.60 Å². The summed E-state index contributed by atoms with van der Waals surface area (Å²) in [6, 6.07) is 5.29. The SMILES string of the molecule is C[C@H]1OC[C@H](C2(OC(=O)N3CC[C@H](O)C3)CC2)N(S(=O)(=O)c2ccc(Cl)cc2)[C@@H]1C1CC1. The van der Waals surface area contributed by atoms with Crippen molar-refractivity contribution in [3.8, 4) is 0 Å². The smallest absolute Gasteiger partial charge is 0.410 e. The second kappa shape index (κ2) is 8.13. The van der Waals surface area contributed by atoms with Gasteiger partial charge >= 0.3 is 6.09 Å². The van der Waals surface area contributed by atoms with Gasteiger partial charge in [-0.25, -0.2) is 13.2 Å². The van der Waals surface area contributed by atoms with Crippen molar-refractivity contribution in [2.45, 2.75) is 73.8 Å². The Morgan fingerprint density at radius 3 is 2.47 bits per heavy atom. The topological polar surface area (TPSA) is 96.4 Å². The quantitative estimate of drug-likeness (QED) is 0.690. The van der Waals surface area contributed by atoms with Gasteiger partial charge in [0.25, 0.3) is 0 Å². The molecule has 1 amide bonds. The Balaban J connectivity index is 1.47. The first-order valence-electron chi connectivity index (χ1n) is 11.3. The van der Waals surface area contributed by atoms with Crippen LogP contribution in [0.25, 0.3) is 0 Å². The highest BCUT2D eigenvalue weighted by atomic mass is 35.5. The molecule has 10 heteroatoms. The fourth-order valence-corrected chi connectivity index (χ4v) is 7.17. The maximum Gasteiger partial charge on any atom is 0.410 e. The third-order valence-corrected chi connectivity index (χ3v) is 9.33. The number of aliphatic hydroxyl groups is 1. The van der Waals surface area contributed by atoms with E-state index in [4.69, 9.17) is 21.1 Å². The Kier molecular flexibility index (Phi) is 5.69. The molecular weight excluding hydrogens is 456 g/mol. The molecule has 2 aliphatic heterocycles. The third kappa shape index (κ3) is 4.03. The molecule has 1 aromatic rings. The van der Waals surface area contributed by atoms with Gasteiger partial charge in [-0.2, -0.15) is 4.31 Å². The summed E-state index contributed by atoms with van der Waals surface area (Å²) in [7, 11) is -3.87. The zero-order valence-corrected chi connectivity index (χ0v) is 19.6. The van der Waals surface area contributed by atoms with E-state index in [1.165, 1.54) is 17.0 Å². The van der Waals surface area contributed by atoms with Gasteiger partial charge in [0.05, 0.1) is 35.8 Å². The van der Waals surface area contributed by atoms with E-state index in [9.17, 15) is 18.3 Å². The minimum atomic E-state index is -3.87. The number of rotatable bonds is 5. The first-order valence-corrected chi connectivity index (χ1v) is 13.1. The van der Waals surface area contributed by atoms with Gasteiger partial charge in [-0.1, -0.05) is 11.6 Å². The summed E-state index contributed by atoms with van der Waals surface area (Å²) in [5.74, 6) is 0.232. The number of carbonyl (C=O) groups is 1. The number of carbonyl (C=O) groups excluding carboxylic acids is 1. The van der Waals surface area contributed by atoms with Crippen molar-refractivity contribution in [2.75, 3.05) is 19.7 Å². The predicted molar refractivity (Wildman–Crippen MR) is 117 cm³/mol. The fraction of sp³-hybridized carbons (Fsp3) is 0.682. The van der Waals surface area contributed by atoms with Crippen LogP contribution in [0.3, 0.4) is 0 Å². The zero-order valence-electron chi connectivity index (χ0n) is 18.0. The van der Waals surface area contributed by atoms with Gasteiger partial charge in [-0.05, 0) is 69.2 Å². The molecule has 176 valence electrons. The monoisotopic (exact) mass is 484 g/mol. The molecule has 32 heavy (non-hydrogen) atoms. The van der Waals surface area contributed by atoms with E-state index in [0.717, 1.165) is 12.8 Å². The number of halogens is 1. The van der Waals surface area contributed by atoms with Gasteiger partial charge in [0, 0.05) is 18.1 Å². The molecule has 2 saturated heterocycles. The molecule has 1 N–H and O–H groups in total. The van der Waals surface area contributed by atoms with E-state index in [1.54, 1.807) is 16.4 Å². The lowest BCUT2D eigenvalue weighted by Gasteiger charge is -2.47. The zero-order chi connectivity index (χ0) is 22.7. The number of likely N-dealkylation sites (tertiary alicyclic amines) is 1. The molecule has 2 saturated carbocycles. The van der Waals surface area contributed by atoms with Gasteiger partial charge < -0.3 is 19.5 Å². The highest BCUT2D eigenvalue weighted by Crippen LogP contribution is 2.51. The van der Waals surface area contributed by atoms with Crippen LogP contribution in [-0.4, -0.2) is 78.4 Å². The summed E-state index contributed by atoms with van der Waals surface area (Å²) >= 11 is 5.99. The summed E-state index contributed by atoms with van der Waals surface area (Å²) < 4.78 is 41.4. The molecule has 1 aromatic carbocycles. The molecular formula is C22H29ClN2O6S. The van der Waals surface area contributed by atoms with Crippen LogP contribution in [0.2, 0.25) is 5.02 Å². The van der Waals surface area contributed by atoms with Gasteiger partial charge in [-0.15, -0.1) is 0 Å². The van der Waals surface area contributed by atoms with Crippen molar-refractivity contribution >= 4 is 27.7 Å². The highest BCUT2D eigenvalue weighted by molar-refractivity contribution is 7.89. The molecule has 2 aliphatic carbocycles. The van der Waals surface area contributed by atoms with Crippen molar-refractivity contribution in [1.29, 1.82) is 0 Å². The highest BCUT2D eigenvalue weighted by Gasteiger charge is 2.63. The molecule has 5 rings (SSSR count). The van der Waals surface area contributed by atoms with E-state index in [-0.39, 0.29) is 36.1 Å². The van der Waals surface area contributed by atoms with Gasteiger partial charge in [0.2, 0.25) is 10.0 Å². The average molecular weight is 485 g/mol. The Hall–Kier alpha value is -1.39. The molecule has 4 aliphatic rings. The number of aliphatic hydroxyl groups excluding tert-OH is 1. The normalized spacial score (nSPS) is 32.7. The molecule has 2 heterocycles.